The van der Waals surface area contributed by atoms with E-state index in [1.54, 1.807) is 29.7 Å². The van der Waals surface area contributed by atoms with Gasteiger partial charge in [-0.15, -0.1) is 11.3 Å². The summed E-state index contributed by atoms with van der Waals surface area (Å²) in [6.45, 7) is 0. The second-order valence-corrected chi connectivity index (χ2v) is 7.04. The largest absolute Gasteiger partial charge is 0.289 e. The molecule has 0 aliphatic carbocycles. The summed E-state index contributed by atoms with van der Waals surface area (Å²) in [6, 6.07) is 15.3. The molecule has 3 aromatic heterocycles. The Morgan fingerprint density at radius 2 is 1.83 bits per heavy atom. The standard InChI is InChI=1S/C18H10ClN3OS/c19-10-5-7-11(8-6-10)22-18(23)13-9-20-15-12-3-1-2-4-14(12)24-17(15)16(13)21-22/h1-9,21H. The molecule has 0 aliphatic rings. The van der Waals surface area contributed by atoms with Crippen molar-refractivity contribution in [2.24, 2.45) is 0 Å². The Bertz CT molecular complexity index is 1280. The van der Waals surface area contributed by atoms with Crippen molar-refractivity contribution >= 4 is 54.1 Å². The van der Waals surface area contributed by atoms with Gasteiger partial charge in [0, 0.05) is 21.3 Å². The van der Waals surface area contributed by atoms with Gasteiger partial charge in [-0.3, -0.25) is 14.9 Å². The molecule has 0 atom stereocenters. The van der Waals surface area contributed by atoms with Gasteiger partial charge < -0.3 is 0 Å². The smallest absolute Gasteiger partial charge is 0.280 e. The Morgan fingerprint density at radius 1 is 1.04 bits per heavy atom. The molecule has 5 rings (SSSR count). The number of H-pyrrole nitrogens is 1. The second kappa shape index (κ2) is 4.93. The van der Waals surface area contributed by atoms with Crippen LogP contribution in [0.25, 0.3) is 36.9 Å². The summed E-state index contributed by atoms with van der Waals surface area (Å²) in [5.41, 5.74) is 2.38. The fourth-order valence-electron chi connectivity index (χ4n) is 2.97. The van der Waals surface area contributed by atoms with Gasteiger partial charge >= 0.3 is 0 Å². The summed E-state index contributed by atoms with van der Waals surface area (Å²) in [5.74, 6) is 0. The molecule has 1 N–H and O–H groups in total. The summed E-state index contributed by atoms with van der Waals surface area (Å²) >= 11 is 7.58. The Hall–Kier alpha value is -2.63. The Labute approximate surface area is 144 Å². The molecular formula is C18H10ClN3OS. The first-order chi connectivity index (χ1) is 11.7. The van der Waals surface area contributed by atoms with Crippen LogP contribution in [0, 0.1) is 0 Å². The zero-order chi connectivity index (χ0) is 16.3. The Balaban J connectivity index is 1.88. The number of nitrogens with one attached hydrogen (secondary N) is 1. The van der Waals surface area contributed by atoms with E-state index in [4.69, 9.17) is 11.6 Å². The molecular weight excluding hydrogens is 342 g/mol. The first kappa shape index (κ1) is 13.8. The molecule has 5 aromatic rings. The predicted molar refractivity (Wildman–Crippen MR) is 99.6 cm³/mol. The molecule has 0 spiro atoms. The number of hydrogen-bond donors (Lipinski definition) is 1. The molecule has 0 saturated heterocycles. The molecule has 3 heterocycles. The number of thiophene rings is 1. The number of rotatable bonds is 1. The SMILES string of the molecule is O=c1c2cnc3c4ccccc4sc3c2[nH]n1-c1ccc(Cl)cc1. The topological polar surface area (TPSA) is 50.7 Å². The molecule has 2 aromatic carbocycles. The van der Waals surface area contributed by atoms with Gasteiger partial charge in [-0.2, -0.15) is 0 Å². The summed E-state index contributed by atoms with van der Waals surface area (Å²) in [6.07, 6.45) is 1.65. The van der Waals surface area contributed by atoms with Gasteiger partial charge in [-0.25, -0.2) is 4.68 Å². The van der Waals surface area contributed by atoms with Crippen LogP contribution in [0.4, 0.5) is 0 Å². The fourth-order valence-corrected chi connectivity index (χ4v) is 4.26. The second-order valence-electron chi connectivity index (χ2n) is 5.55. The van der Waals surface area contributed by atoms with Crippen molar-refractivity contribution in [2.75, 3.05) is 0 Å². The molecule has 0 fully saturated rings. The van der Waals surface area contributed by atoms with Crippen LogP contribution in [0.2, 0.25) is 5.02 Å². The first-order valence-electron chi connectivity index (χ1n) is 7.39. The summed E-state index contributed by atoms with van der Waals surface area (Å²) in [7, 11) is 0. The number of aromatic amines is 1. The minimum atomic E-state index is -0.112. The van der Waals surface area contributed by atoms with E-state index in [0.29, 0.717) is 10.4 Å². The average Bonchev–Trinajstić information content (AvgIpc) is 3.14. The van der Waals surface area contributed by atoms with Crippen LogP contribution < -0.4 is 5.56 Å². The zero-order valence-electron chi connectivity index (χ0n) is 12.3. The number of benzene rings is 2. The highest BCUT2D eigenvalue weighted by atomic mass is 35.5. The molecule has 4 nitrogen and oxygen atoms in total. The quantitative estimate of drug-likeness (QED) is 0.474. The minimum absolute atomic E-state index is 0.112. The monoisotopic (exact) mass is 351 g/mol. The minimum Gasteiger partial charge on any atom is -0.289 e. The van der Waals surface area contributed by atoms with E-state index in [2.05, 4.69) is 22.2 Å². The highest BCUT2D eigenvalue weighted by Gasteiger charge is 2.15. The van der Waals surface area contributed by atoms with E-state index >= 15 is 0 Å². The van der Waals surface area contributed by atoms with E-state index in [1.807, 2.05) is 24.3 Å². The third kappa shape index (κ3) is 1.85. The third-order valence-electron chi connectivity index (χ3n) is 4.13. The molecule has 24 heavy (non-hydrogen) atoms. The lowest BCUT2D eigenvalue weighted by Gasteiger charge is -2.00. The molecule has 0 saturated carbocycles. The maximum Gasteiger partial charge on any atom is 0.280 e. The summed E-state index contributed by atoms with van der Waals surface area (Å²) in [5, 5.41) is 5.57. The number of aromatic nitrogens is 3. The van der Waals surface area contributed by atoms with Gasteiger partial charge in [0.05, 0.1) is 26.8 Å². The van der Waals surface area contributed by atoms with Crippen LogP contribution in [0.3, 0.4) is 0 Å². The third-order valence-corrected chi connectivity index (χ3v) is 5.56. The van der Waals surface area contributed by atoms with Crippen LogP contribution in [0.1, 0.15) is 0 Å². The summed E-state index contributed by atoms with van der Waals surface area (Å²) < 4.78 is 3.69. The van der Waals surface area contributed by atoms with Crippen LogP contribution in [0.5, 0.6) is 0 Å². The van der Waals surface area contributed by atoms with E-state index in [0.717, 1.165) is 31.5 Å². The molecule has 0 unspecified atom stereocenters. The first-order valence-corrected chi connectivity index (χ1v) is 8.59. The van der Waals surface area contributed by atoms with Gasteiger partial charge in [0.2, 0.25) is 0 Å². The number of nitrogens with zero attached hydrogens (tertiary/aromatic N) is 2. The average molecular weight is 352 g/mol. The molecule has 0 aliphatic heterocycles. The van der Waals surface area contributed by atoms with Crippen molar-refractivity contribution in [1.29, 1.82) is 0 Å². The van der Waals surface area contributed by atoms with Crippen molar-refractivity contribution in [3.05, 3.63) is 70.1 Å². The lowest BCUT2D eigenvalue weighted by Crippen LogP contribution is -2.13. The number of fused-ring (bicyclic) bond motifs is 5. The van der Waals surface area contributed by atoms with Gasteiger partial charge in [0.1, 0.15) is 0 Å². The number of halogens is 1. The Morgan fingerprint density at radius 3 is 2.67 bits per heavy atom. The lowest BCUT2D eigenvalue weighted by atomic mass is 10.2. The van der Waals surface area contributed by atoms with Crippen molar-refractivity contribution in [3.63, 3.8) is 0 Å². The van der Waals surface area contributed by atoms with Crippen LogP contribution in [-0.4, -0.2) is 14.8 Å². The normalized spacial score (nSPS) is 11.7. The number of pyridine rings is 1. The van der Waals surface area contributed by atoms with Gasteiger partial charge in [0.25, 0.3) is 5.56 Å². The van der Waals surface area contributed by atoms with E-state index in [1.165, 1.54) is 4.68 Å². The van der Waals surface area contributed by atoms with Crippen LogP contribution in [-0.2, 0) is 0 Å². The lowest BCUT2D eigenvalue weighted by molar-refractivity contribution is 0.865. The van der Waals surface area contributed by atoms with Gasteiger partial charge in [0.15, 0.2) is 0 Å². The molecule has 116 valence electrons. The van der Waals surface area contributed by atoms with Crippen molar-refractivity contribution < 1.29 is 0 Å². The molecule has 0 bridgehead atoms. The van der Waals surface area contributed by atoms with E-state index in [-0.39, 0.29) is 5.56 Å². The van der Waals surface area contributed by atoms with E-state index < -0.39 is 0 Å². The maximum absolute atomic E-state index is 12.7. The molecule has 0 radical (unpaired) electrons. The van der Waals surface area contributed by atoms with Crippen LogP contribution >= 0.6 is 22.9 Å². The maximum atomic E-state index is 12.7. The molecule has 0 amide bonds. The fraction of sp³-hybridized carbons (Fsp3) is 0. The van der Waals surface area contributed by atoms with Gasteiger partial charge in [-0.1, -0.05) is 29.8 Å². The van der Waals surface area contributed by atoms with Gasteiger partial charge in [-0.05, 0) is 30.3 Å². The highest BCUT2D eigenvalue weighted by Crippen LogP contribution is 2.35. The number of hydrogen-bond acceptors (Lipinski definition) is 3. The van der Waals surface area contributed by atoms with Crippen molar-refractivity contribution in [3.8, 4) is 5.69 Å². The van der Waals surface area contributed by atoms with E-state index in [9.17, 15) is 4.79 Å². The Kier molecular flexibility index (Phi) is 2.83. The van der Waals surface area contributed by atoms with Crippen molar-refractivity contribution in [2.45, 2.75) is 0 Å². The summed E-state index contributed by atoms with van der Waals surface area (Å²) in [4.78, 5) is 17.3. The predicted octanol–water partition coefficient (Wildman–Crippen LogP) is 4.74. The molecule has 6 heteroatoms. The van der Waals surface area contributed by atoms with Crippen molar-refractivity contribution in [1.82, 2.24) is 14.8 Å². The zero-order valence-corrected chi connectivity index (χ0v) is 13.9. The van der Waals surface area contributed by atoms with Crippen LogP contribution in [0.15, 0.2) is 59.5 Å². The highest BCUT2D eigenvalue weighted by molar-refractivity contribution is 7.26.